The first kappa shape index (κ1) is 9.43. The summed E-state index contributed by atoms with van der Waals surface area (Å²) >= 11 is 0. The van der Waals surface area contributed by atoms with Crippen LogP contribution in [0.4, 0.5) is 0 Å². The molecule has 60 valence electrons. The first-order chi connectivity index (χ1) is 4.76. The second-order valence-electron chi connectivity index (χ2n) is 2.18. The lowest BCUT2D eigenvalue weighted by Gasteiger charge is -2.18. The van der Waals surface area contributed by atoms with Crippen LogP contribution in [-0.2, 0) is 4.79 Å². The van der Waals surface area contributed by atoms with E-state index in [9.17, 15) is 4.79 Å². The van der Waals surface area contributed by atoms with E-state index >= 15 is 0 Å². The van der Waals surface area contributed by atoms with Crippen LogP contribution in [0.1, 0.15) is 20.3 Å². The molecule has 0 rings (SSSR count). The van der Waals surface area contributed by atoms with Crippen molar-refractivity contribution in [3.8, 4) is 0 Å². The number of carbonyl (C=O) groups is 1. The zero-order valence-electron chi connectivity index (χ0n) is 6.76. The van der Waals surface area contributed by atoms with Crippen LogP contribution in [-0.4, -0.2) is 30.4 Å². The quantitative estimate of drug-likeness (QED) is 0.613. The molecule has 0 fully saturated rings. The van der Waals surface area contributed by atoms with Crippen molar-refractivity contribution in [2.24, 2.45) is 5.73 Å². The van der Waals surface area contributed by atoms with Gasteiger partial charge in [-0.2, -0.15) is 0 Å². The van der Waals surface area contributed by atoms with Gasteiger partial charge in [-0.3, -0.25) is 4.79 Å². The summed E-state index contributed by atoms with van der Waals surface area (Å²) in [6.07, 6.45) is 1.000. The first-order valence-corrected chi connectivity index (χ1v) is 3.74. The smallest absolute Gasteiger partial charge is 0.236 e. The number of nitrogens with zero attached hydrogens (tertiary/aromatic N) is 1. The normalized spacial score (nSPS) is 9.50. The minimum atomic E-state index is 0.0457. The highest BCUT2D eigenvalue weighted by atomic mass is 16.2. The van der Waals surface area contributed by atoms with Crippen LogP contribution in [0.15, 0.2) is 0 Å². The Kier molecular flexibility index (Phi) is 4.94. The highest BCUT2D eigenvalue weighted by molar-refractivity contribution is 5.77. The molecule has 0 aliphatic carbocycles. The van der Waals surface area contributed by atoms with Crippen molar-refractivity contribution >= 4 is 5.91 Å². The summed E-state index contributed by atoms with van der Waals surface area (Å²) in [5, 5.41) is 0. The Bertz CT molecular complexity index is 104. The zero-order chi connectivity index (χ0) is 7.98. The number of likely N-dealkylation sites (N-methyl/N-ethyl adjacent to an activating group) is 1. The van der Waals surface area contributed by atoms with E-state index in [-0.39, 0.29) is 12.5 Å². The first-order valence-electron chi connectivity index (χ1n) is 3.74. The Balaban J connectivity index is 3.68. The summed E-state index contributed by atoms with van der Waals surface area (Å²) in [6, 6.07) is 0. The molecule has 0 aromatic rings. The molecule has 0 atom stereocenters. The SMILES string of the molecule is CCCN(CC)C(=O)CN. The van der Waals surface area contributed by atoms with E-state index in [0.717, 1.165) is 19.5 Å². The molecule has 1 amide bonds. The van der Waals surface area contributed by atoms with Crippen LogP contribution in [0, 0.1) is 0 Å². The van der Waals surface area contributed by atoms with Gasteiger partial charge in [-0.05, 0) is 13.3 Å². The molecule has 0 aromatic heterocycles. The molecule has 0 aromatic carbocycles. The van der Waals surface area contributed by atoms with Crippen LogP contribution in [0.2, 0.25) is 0 Å². The highest BCUT2D eigenvalue weighted by Crippen LogP contribution is 1.89. The van der Waals surface area contributed by atoms with Crippen LogP contribution >= 0.6 is 0 Å². The fourth-order valence-corrected chi connectivity index (χ4v) is 0.858. The summed E-state index contributed by atoms with van der Waals surface area (Å²) in [5.74, 6) is 0.0457. The summed E-state index contributed by atoms with van der Waals surface area (Å²) < 4.78 is 0. The maximum absolute atomic E-state index is 10.9. The molecule has 3 heteroatoms. The standard InChI is InChI=1S/C7H16N2O/c1-3-5-9(4-2)7(10)6-8/h3-6,8H2,1-2H3. The summed E-state index contributed by atoms with van der Waals surface area (Å²) in [7, 11) is 0. The van der Waals surface area contributed by atoms with Crippen LogP contribution in [0.5, 0.6) is 0 Å². The van der Waals surface area contributed by atoms with Gasteiger partial charge in [0.25, 0.3) is 0 Å². The van der Waals surface area contributed by atoms with Crippen LogP contribution in [0.25, 0.3) is 0 Å². The maximum Gasteiger partial charge on any atom is 0.236 e. The largest absolute Gasteiger partial charge is 0.342 e. The topological polar surface area (TPSA) is 46.3 Å². The Morgan fingerprint density at radius 3 is 2.40 bits per heavy atom. The molecule has 0 spiro atoms. The Morgan fingerprint density at radius 1 is 1.50 bits per heavy atom. The number of nitrogens with two attached hydrogens (primary N) is 1. The van der Waals surface area contributed by atoms with Crippen LogP contribution < -0.4 is 5.73 Å². The van der Waals surface area contributed by atoms with E-state index in [1.165, 1.54) is 0 Å². The molecule has 0 bridgehead atoms. The van der Waals surface area contributed by atoms with Gasteiger partial charge in [-0.25, -0.2) is 0 Å². The van der Waals surface area contributed by atoms with Gasteiger partial charge in [-0.15, -0.1) is 0 Å². The van der Waals surface area contributed by atoms with Gasteiger partial charge < -0.3 is 10.6 Å². The van der Waals surface area contributed by atoms with Crippen molar-refractivity contribution in [3.63, 3.8) is 0 Å². The average Bonchev–Trinajstić information content (AvgIpc) is 1.99. The predicted octanol–water partition coefficient (Wildman–Crippen LogP) is 0.204. The third kappa shape index (κ3) is 2.82. The van der Waals surface area contributed by atoms with Gasteiger partial charge in [0.2, 0.25) is 5.91 Å². The monoisotopic (exact) mass is 144 g/mol. The van der Waals surface area contributed by atoms with Crippen molar-refractivity contribution < 1.29 is 4.79 Å². The molecule has 0 radical (unpaired) electrons. The van der Waals surface area contributed by atoms with Crippen molar-refractivity contribution in [2.45, 2.75) is 20.3 Å². The fourth-order valence-electron chi connectivity index (χ4n) is 0.858. The minimum absolute atomic E-state index is 0.0457. The Labute approximate surface area is 62.2 Å². The van der Waals surface area contributed by atoms with Crippen molar-refractivity contribution in [2.75, 3.05) is 19.6 Å². The van der Waals surface area contributed by atoms with Crippen molar-refractivity contribution in [3.05, 3.63) is 0 Å². The molecule has 0 saturated carbocycles. The third-order valence-electron chi connectivity index (χ3n) is 1.40. The van der Waals surface area contributed by atoms with Gasteiger partial charge in [0.05, 0.1) is 6.54 Å². The highest BCUT2D eigenvalue weighted by Gasteiger charge is 2.06. The molecule has 0 heterocycles. The summed E-state index contributed by atoms with van der Waals surface area (Å²) in [5.41, 5.74) is 5.19. The molecule has 10 heavy (non-hydrogen) atoms. The summed E-state index contributed by atoms with van der Waals surface area (Å²) in [4.78, 5) is 12.7. The van der Waals surface area contributed by atoms with E-state index in [1.54, 1.807) is 4.90 Å². The number of carbonyl (C=O) groups excluding carboxylic acids is 1. The van der Waals surface area contributed by atoms with Crippen molar-refractivity contribution in [1.29, 1.82) is 0 Å². The summed E-state index contributed by atoms with van der Waals surface area (Å²) in [6.45, 7) is 5.74. The van der Waals surface area contributed by atoms with Gasteiger partial charge in [-0.1, -0.05) is 6.92 Å². The van der Waals surface area contributed by atoms with E-state index in [1.807, 2.05) is 13.8 Å². The lowest BCUT2D eigenvalue weighted by Crippen LogP contribution is -2.36. The van der Waals surface area contributed by atoms with E-state index in [2.05, 4.69) is 0 Å². The van der Waals surface area contributed by atoms with E-state index in [4.69, 9.17) is 5.73 Å². The molecular formula is C7H16N2O. The molecule has 0 aliphatic rings. The van der Waals surface area contributed by atoms with Crippen molar-refractivity contribution in [1.82, 2.24) is 4.90 Å². The lowest BCUT2D eigenvalue weighted by atomic mass is 10.4. The van der Waals surface area contributed by atoms with Gasteiger partial charge in [0.1, 0.15) is 0 Å². The van der Waals surface area contributed by atoms with E-state index in [0.29, 0.717) is 0 Å². The number of hydrogen-bond acceptors (Lipinski definition) is 2. The molecule has 2 N–H and O–H groups in total. The van der Waals surface area contributed by atoms with Gasteiger partial charge in [0.15, 0.2) is 0 Å². The predicted molar refractivity (Wildman–Crippen MR) is 41.6 cm³/mol. The maximum atomic E-state index is 10.9. The molecule has 0 unspecified atom stereocenters. The average molecular weight is 144 g/mol. The van der Waals surface area contributed by atoms with Gasteiger partial charge in [0, 0.05) is 13.1 Å². The fraction of sp³-hybridized carbons (Fsp3) is 0.857. The molecule has 3 nitrogen and oxygen atoms in total. The Hall–Kier alpha value is -0.570. The number of amides is 1. The lowest BCUT2D eigenvalue weighted by molar-refractivity contribution is -0.129. The van der Waals surface area contributed by atoms with Crippen LogP contribution in [0.3, 0.4) is 0 Å². The Morgan fingerprint density at radius 2 is 2.10 bits per heavy atom. The zero-order valence-corrected chi connectivity index (χ0v) is 6.76. The number of hydrogen-bond donors (Lipinski definition) is 1. The molecule has 0 saturated heterocycles. The second-order valence-corrected chi connectivity index (χ2v) is 2.18. The molecule has 0 aliphatic heterocycles. The van der Waals surface area contributed by atoms with E-state index < -0.39 is 0 Å². The number of rotatable bonds is 4. The minimum Gasteiger partial charge on any atom is -0.342 e. The van der Waals surface area contributed by atoms with Gasteiger partial charge >= 0.3 is 0 Å². The second kappa shape index (κ2) is 5.23. The molecular weight excluding hydrogens is 128 g/mol. The third-order valence-corrected chi connectivity index (χ3v) is 1.40.